The second-order valence-electron chi connectivity index (χ2n) is 8.38. The van der Waals surface area contributed by atoms with Crippen LogP contribution in [-0.4, -0.2) is 134 Å². The number of thioether (sulfide) groups is 14. The van der Waals surface area contributed by atoms with Gasteiger partial charge in [-0.25, -0.2) is 0 Å². The van der Waals surface area contributed by atoms with Crippen LogP contribution < -0.4 is 0 Å². The topological polar surface area (TPSA) is 115 Å². The summed E-state index contributed by atoms with van der Waals surface area (Å²) in [4.78, 5) is 35.3. The van der Waals surface area contributed by atoms with E-state index in [4.69, 9.17) is 10.2 Å². The summed E-state index contributed by atoms with van der Waals surface area (Å²) < 4.78 is 12.2. The van der Waals surface area contributed by atoms with Gasteiger partial charge in [0.2, 0.25) is 0 Å². The normalized spacial score (nSPS) is 12.1. The quantitative estimate of drug-likeness (QED) is 0.0351. The van der Waals surface area contributed by atoms with E-state index in [1.165, 1.54) is 58.8 Å². The van der Waals surface area contributed by atoms with Gasteiger partial charge < -0.3 is 14.8 Å². The van der Waals surface area contributed by atoms with Crippen LogP contribution in [0.3, 0.4) is 0 Å². The first-order valence-corrected chi connectivity index (χ1v) is 31.5. The Kier molecular flexibility index (Phi) is 46.7. The molecule has 2 N–H and O–H groups in total. The van der Waals surface area contributed by atoms with Gasteiger partial charge in [0.1, 0.15) is 11.5 Å². The molecule has 278 valence electrons. The highest BCUT2D eigenvalue weighted by Gasteiger charge is 2.07. The van der Waals surface area contributed by atoms with E-state index in [2.05, 4.69) is 0 Å². The van der Waals surface area contributed by atoms with E-state index in [-0.39, 0.29) is 27.2 Å². The lowest BCUT2D eigenvalue weighted by Gasteiger charge is -2.10. The largest absolute Gasteiger partial charge is 0.616 e. The van der Waals surface area contributed by atoms with Crippen LogP contribution in [-0.2, 0) is 25.6 Å². The summed E-state index contributed by atoms with van der Waals surface area (Å²) in [5.41, 5.74) is 0. The molecule has 0 aromatic carbocycles. The zero-order valence-electron chi connectivity index (χ0n) is 26.4. The molecule has 0 spiro atoms. The molecule has 21 heteroatoms. The molecule has 0 bridgehead atoms. The summed E-state index contributed by atoms with van der Waals surface area (Å²) in [7, 11) is 0. The van der Waals surface area contributed by atoms with E-state index in [9.17, 15) is 18.9 Å². The monoisotopic (exact) mass is 936 g/mol. The van der Waals surface area contributed by atoms with Gasteiger partial charge in [0.15, 0.2) is 15.3 Å². The van der Waals surface area contributed by atoms with E-state index in [1.54, 1.807) is 35.3 Å². The van der Waals surface area contributed by atoms with Gasteiger partial charge in [-0.1, -0.05) is 46.5 Å². The Morgan fingerprint density at radius 1 is 0.426 bits per heavy atom. The van der Waals surface area contributed by atoms with Crippen LogP contribution in [0.4, 0.5) is 0 Å². The number of carbonyl (C=O) groups excluding carboxylic acids is 3. The molecular formula is C26H48O6S15. The Balaban J connectivity index is 3.30. The Morgan fingerprint density at radius 3 is 1.30 bits per heavy atom. The minimum atomic E-state index is -0.729. The van der Waals surface area contributed by atoms with Crippen LogP contribution in [0.1, 0.15) is 25.7 Å². The van der Waals surface area contributed by atoms with E-state index in [1.807, 2.05) is 70.6 Å². The van der Waals surface area contributed by atoms with Gasteiger partial charge >= 0.3 is 0 Å². The summed E-state index contributed by atoms with van der Waals surface area (Å²) in [6.45, 7) is 0. The van der Waals surface area contributed by atoms with Gasteiger partial charge in [-0.2, -0.15) is 58.8 Å². The highest BCUT2D eigenvalue weighted by atomic mass is 32.2. The molecule has 0 saturated carbocycles. The summed E-state index contributed by atoms with van der Waals surface area (Å²) in [5.74, 6) is 8.08. The van der Waals surface area contributed by atoms with Crippen molar-refractivity contribution in [3.8, 4) is 0 Å². The average molecular weight is 938 g/mol. The smallest absolute Gasteiger partial charge is 0.190 e. The van der Waals surface area contributed by atoms with Crippen molar-refractivity contribution in [2.24, 2.45) is 0 Å². The standard InChI is InChI=1S/C26H48O6S15/c27-14-39-22-45-25(30)3-7-35-17-41-16-33-5-1-12-47(32)13-11-38-21-43-20-37-9-10-44-24(29)2-6-34-18-42-19-36-8-4-26(31)46-23-40-15-28/h27-28H,1-23H2. The number of carbonyl (C=O) groups is 3. The highest BCUT2D eigenvalue weighted by Crippen LogP contribution is 2.24. The fraction of sp³-hybridized carbons (Fsp3) is 0.885. The Morgan fingerprint density at radius 2 is 0.830 bits per heavy atom. The van der Waals surface area contributed by atoms with Crippen LogP contribution in [0, 0.1) is 0 Å². The summed E-state index contributed by atoms with van der Waals surface area (Å²) in [6.07, 6.45) is 2.77. The summed E-state index contributed by atoms with van der Waals surface area (Å²) in [6, 6.07) is 0. The third-order valence-corrected chi connectivity index (χ3v) is 22.3. The molecule has 0 aromatic rings. The maximum absolute atomic E-state index is 12.2. The summed E-state index contributed by atoms with van der Waals surface area (Å²) >= 11 is 22.6. The molecule has 0 rings (SSSR count). The predicted molar refractivity (Wildman–Crippen MR) is 245 cm³/mol. The fourth-order valence-corrected chi connectivity index (χ4v) is 18.8. The van der Waals surface area contributed by atoms with Crippen molar-refractivity contribution < 1.29 is 29.1 Å². The molecule has 0 fully saturated rings. The molecule has 0 amide bonds. The molecule has 0 aromatic heterocycles. The van der Waals surface area contributed by atoms with Crippen LogP contribution in [0.25, 0.3) is 0 Å². The highest BCUT2D eigenvalue weighted by molar-refractivity contribution is 8.25. The maximum atomic E-state index is 12.2. The number of hydrogen-bond donors (Lipinski definition) is 2. The maximum Gasteiger partial charge on any atom is 0.190 e. The zero-order valence-corrected chi connectivity index (χ0v) is 38.7. The minimum Gasteiger partial charge on any atom is -0.616 e. The fourth-order valence-electron chi connectivity index (χ4n) is 2.57. The van der Waals surface area contributed by atoms with Crippen LogP contribution in [0.15, 0.2) is 0 Å². The van der Waals surface area contributed by atoms with Crippen molar-refractivity contribution in [1.29, 1.82) is 0 Å². The van der Waals surface area contributed by atoms with Crippen molar-refractivity contribution in [3.63, 3.8) is 0 Å². The van der Waals surface area contributed by atoms with Gasteiger partial charge in [-0.3, -0.25) is 14.4 Å². The SMILES string of the molecule is O=C(CCSCSCSCCC(=O)SCSCO)SCCSCSCSCC[S+]([O-])CCCSCSCSCCC(=O)SCSCO. The lowest BCUT2D eigenvalue weighted by Crippen LogP contribution is -2.13. The molecule has 0 aliphatic heterocycles. The van der Waals surface area contributed by atoms with Crippen molar-refractivity contribution in [3.05, 3.63) is 0 Å². The van der Waals surface area contributed by atoms with Crippen LogP contribution in [0.5, 0.6) is 0 Å². The molecule has 0 saturated heterocycles. The first kappa shape index (κ1) is 51.1. The van der Waals surface area contributed by atoms with Crippen molar-refractivity contribution in [2.75, 3.05) is 104 Å². The molecule has 0 radical (unpaired) electrons. The molecular weight excluding hydrogens is 889 g/mol. The third-order valence-electron chi connectivity index (χ3n) is 4.75. The zero-order chi connectivity index (χ0) is 34.5. The number of hydrogen-bond acceptors (Lipinski definition) is 20. The second-order valence-corrected chi connectivity index (χ2v) is 27.7. The molecule has 0 aliphatic rings. The van der Waals surface area contributed by atoms with Crippen molar-refractivity contribution in [1.82, 2.24) is 0 Å². The first-order chi connectivity index (χ1) is 23.0. The van der Waals surface area contributed by atoms with Gasteiger partial charge in [0.25, 0.3) is 0 Å². The van der Waals surface area contributed by atoms with E-state index < -0.39 is 11.2 Å². The van der Waals surface area contributed by atoms with E-state index in [0.29, 0.717) is 29.4 Å². The number of rotatable bonds is 37. The average Bonchev–Trinajstić information content (AvgIpc) is 3.05. The Hall–Kier alpha value is 4.14. The van der Waals surface area contributed by atoms with Crippen molar-refractivity contribution in [2.45, 2.75) is 25.7 Å². The van der Waals surface area contributed by atoms with Crippen LogP contribution >= 0.6 is 165 Å². The Bertz CT molecular complexity index is 732. The summed E-state index contributed by atoms with van der Waals surface area (Å²) in [5, 5.41) is 25.3. The van der Waals surface area contributed by atoms with E-state index in [0.717, 1.165) is 88.7 Å². The predicted octanol–water partition coefficient (Wildman–Crippen LogP) is 8.70. The molecule has 0 aliphatic carbocycles. The molecule has 1 atom stereocenters. The van der Waals surface area contributed by atoms with E-state index >= 15 is 0 Å². The third kappa shape index (κ3) is 42.7. The molecule has 47 heavy (non-hydrogen) atoms. The van der Waals surface area contributed by atoms with Crippen LogP contribution in [0.2, 0.25) is 0 Å². The molecule has 0 heterocycles. The lowest BCUT2D eigenvalue weighted by molar-refractivity contribution is -0.111. The minimum absolute atomic E-state index is 0.0597. The number of aliphatic hydroxyl groups excluding tert-OH is 2. The second kappa shape index (κ2) is 42.9. The number of aliphatic hydroxyl groups is 2. The van der Waals surface area contributed by atoms with Crippen molar-refractivity contribution >= 4 is 191 Å². The van der Waals surface area contributed by atoms with Gasteiger partial charge in [0.05, 0.1) is 11.9 Å². The molecule has 1 unspecified atom stereocenters. The first-order valence-electron chi connectivity index (χ1n) is 14.4. The van der Waals surface area contributed by atoms with Gasteiger partial charge in [0, 0.05) is 101 Å². The lowest BCUT2D eigenvalue weighted by atomic mass is 10.5. The van der Waals surface area contributed by atoms with Gasteiger partial charge in [-0.15, -0.1) is 70.6 Å². The van der Waals surface area contributed by atoms with Gasteiger partial charge in [-0.05, 0) is 5.75 Å². The Labute approximate surface area is 346 Å². The molecule has 6 nitrogen and oxygen atoms in total.